The van der Waals surface area contributed by atoms with Gasteiger partial charge in [-0.2, -0.15) is 0 Å². The van der Waals surface area contributed by atoms with E-state index in [2.05, 4.69) is 15.3 Å². The van der Waals surface area contributed by atoms with Crippen molar-refractivity contribution in [1.29, 1.82) is 0 Å². The molecule has 8 nitrogen and oxygen atoms in total. The Morgan fingerprint density at radius 3 is 2.69 bits per heavy atom. The highest BCUT2D eigenvalue weighted by Crippen LogP contribution is 2.31. The summed E-state index contributed by atoms with van der Waals surface area (Å²) < 4.78 is 17.2. The molecule has 0 spiro atoms. The fourth-order valence-electron chi connectivity index (χ4n) is 3.13. The number of benzene rings is 1. The second kappa shape index (κ2) is 9.64. The van der Waals surface area contributed by atoms with Gasteiger partial charge in [0.2, 0.25) is 23.5 Å². The lowest BCUT2D eigenvalue weighted by atomic mass is 10.1. The number of oxazole rings is 1. The van der Waals surface area contributed by atoms with Crippen molar-refractivity contribution in [2.45, 2.75) is 39.2 Å². The van der Waals surface area contributed by atoms with Crippen LogP contribution >= 0.6 is 0 Å². The average molecular weight is 435 g/mol. The summed E-state index contributed by atoms with van der Waals surface area (Å²) in [5.41, 5.74) is 0.618. The van der Waals surface area contributed by atoms with Gasteiger partial charge in [0.15, 0.2) is 5.76 Å². The van der Waals surface area contributed by atoms with Gasteiger partial charge >= 0.3 is 0 Å². The van der Waals surface area contributed by atoms with Crippen LogP contribution in [-0.2, 0) is 4.79 Å². The molecule has 0 saturated heterocycles. The maximum atomic E-state index is 12.3. The first-order valence-electron chi connectivity index (χ1n) is 10.6. The number of amides is 1. The Morgan fingerprint density at radius 2 is 1.97 bits per heavy atom. The van der Waals surface area contributed by atoms with Crippen molar-refractivity contribution in [3.05, 3.63) is 54.6 Å². The van der Waals surface area contributed by atoms with E-state index in [1.165, 1.54) is 26.0 Å². The van der Waals surface area contributed by atoms with Crippen molar-refractivity contribution in [2.75, 3.05) is 6.61 Å². The number of ketones is 1. The summed E-state index contributed by atoms with van der Waals surface area (Å²) in [7, 11) is 0. The van der Waals surface area contributed by atoms with E-state index in [-0.39, 0.29) is 35.8 Å². The molecule has 1 aliphatic rings. The highest BCUT2D eigenvalue weighted by atomic mass is 16.5. The Bertz CT molecular complexity index is 1090. The van der Waals surface area contributed by atoms with Crippen LogP contribution in [0.5, 0.6) is 17.4 Å². The van der Waals surface area contributed by atoms with Crippen LogP contribution in [0.2, 0.25) is 0 Å². The van der Waals surface area contributed by atoms with E-state index < -0.39 is 0 Å². The summed E-state index contributed by atoms with van der Waals surface area (Å²) >= 11 is 0. The fourth-order valence-corrected chi connectivity index (χ4v) is 3.13. The van der Waals surface area contributed by atoms with E-state index in [0.29, 0.717) is 23.1 Å². The van der Waals surface area contributed by atoms with Crippen molar-refractivity contribution in [3.8, 4) is 28.8 Å². The lowest BCUT2D eigenvalue weighted by molar-refractivity contribution is -0.119. The SMILES string of the molecule is CC(=O)NC(C)CC(=O)c1cnc(-c2ccc(Oc3cccc(OCC4CC4)c3)nc2)o1. The number of carbonyl (C=O) groups excluding carboxylic acids is 2. The highest BCUT2D eigenvalue weighted by molar-refractivity contribution is 5.94. The van der Waals surface area contributed by atoms with E-state index in [4.69, 9.17) is 13.9 Å². The molecule has 1 aliphatic carbocycles. The van der Waals surface area contributed by atoms with Crippen LogP contribution in [0.1, 0.15) is 43.7 Å². The number of aromatic nitrogens is 2. The topological polar surface area (TPSA) is 104 Å². The number of hydrogen-bond acceptors (Lipinski definition) is 7. The molecule has 1 saturated carbocycles. The lowest BCUT2D eigenvalue weighted by Crippen LogP contribution is -2.32. The van der Waals surface area contributed by atoms with Crippen LogP contribution in [-0.4, -0.2) is 34.3 Å². The fraction of sp³-hybridized carbons (Fsp3) is 0.333. The van der Waals surface area contributed by atoms with Gasteiger partial charge in [-0.15, -0.1) is 0 Å². The van der Waals surface area contributed by atoms with Crippen molar-refractivity contribution in [1.82, 2.24) is 15.3 Å². The Hall–Kier alpha value is -3.68. The van der Waals surface area contributed by atoms with E-state index >= 15 is 0 Å². The van der Waals surface area contributed by atoms with Gasteiger partial charge in [0, 0.05) is 37.7 Å². The normalized spacial score (nSPS) is 13.9. The molecule has 32 heavy (non-hydrogen) atoms. The molecular formula is C24H25N3O5. The molecule has 1 unspecified atom stereocenters. The van der Waals surface area contributed by atoms with Gasteiger partial charge in [-0.25, -0.2) is 9.97 Å². The first-order valence-corrected chi connectivity index (χ1v) is 10.6. The van der Waals surface area contributed by atoms with Gasteiger partial charge in [0.05, 0.1) is 18.4 Å². The molecule has 1 aromatic carbocycles. The molecule has 3 aromatic rings. The quantitative estimate of drug-likeness (QED) is 0.470. The minimum Gasteiger partial charge on any atom is -0.493 e. The van der Waals surface area contributed by atoms with Crippen molar-refractivity contribution >= 4 is 11.7 Å². The largest absolute Gasteiger partial charge is 0.493 e. The van der Waals surface area contributed by atoms with E-state index in [1.807, 2.05) is 24.3 Å². The number of nitrogens with zero attached hydrogens (tertiary/aromatic N) is 2. The number of Topliss-reactive ketones (excluding diaryl/α,β-unsaturated/α-hetero) is 1. The number of nitrogens with one attached hydrogen (secondary N) is 1. The molecule has 166 valence electrons. The third kappa shape index (κ3) is 5.94. The summed E-state index contributed by atoms with van der Waals surface area (Å²) in [4.78, 5) is 31.9. The van der Waals surface area contributed by atoms with Crippen LogP contribution in [0.4, 0.5) is 0 Å². The Morgan fingerprint density at radius 1 is 1.16 bits per heavy atom. The van der Waals surface area contributed by atoms with E-state index in [9.17, 15) is 9.59 Å². The lowest BCUT2D eigenvalue weighted by Gasteiger charge is -2.09. The maximum absolute atomic E-state index is 12.3. The third-order valence-corrected chi connectivity index (χ3v) is 4.92. The average Bonchev–Trinajstić information content (AvgIpc) is 3.46. The molecule has 1 N–H and O–H groups in total. The zero-order chi connectivity index (χ0) is 22.5. The molecule has 0 radical (unpaired) electrons. The van der Waals surface area contributed by atoms with Crippen LogP contribution in [0, 0.1) is 5.92 Å². The van der Waals surface area contributed by atoms with Crippen molar-refractivity contribution in [2.24, 2.45) is 5.92 Å². The summed E-state index contributed by atoms with van der Waals surface area (Å²) in [6.07, 6.45) is 5.56. The maximum Gasteiger partial charge on any atom is 0.228 e. The summed E-state index contributed by atoms with van der Waals surface area (Å²) in [5, 5.41) is 2.67. The molecule has 4 rings (SSSR count). The van der Waals surface area contributed by atoms with Gasteiger partial charge in [0.25, 0.3) is 0 Å². The van der Waals surface area contributed by atoms with Crippen LogP contribution in [0.25, 0.3) is 11.5 Å². The van der Waals surface area contributed by atoms with Crippen LogP contribution < -0.4 is 14.8 Å². The smallest absolute Gasteiger partial charge is 0.228 e. The van der Waals surface area contributed by atoms with E-state index in [0.717, 1.165) is 12.4 Å². The molecule has 1 fully saturated rings. The number of ether oxygens (including phenoxy) is 2. The second-order valence-electron chi connectivity index (χ2n) is 7.97. The number of carbonyl (C=O) groups is 2. The summed E-state index contributed by atoms with van der Waals surface area (Å²) in [6.45, 7) is 3.91. The Balaban J connectivity index is 1.36. The molecule has 2 aromatic heterocycles. The highest BCUT2D eigenvalue weighted by Gasteiger charge is 2.22. The monoisotopic (exact) mass is 435 g/mol. The van der Waals surface area contributed by atoms with Crippen molar-refractivity contribution < 1.29 is 23.5 Å². The van der Waals surface area contributed by atoms with Crippen molar-refractivity contribution in [3.63, 3.8) is 0 Å². The van der Waals surface area contributed by atoms with E-state index in [1.54, 1.807) is 25.3 Å². The predicted molar refractivity (Wildman–Crippen MR) is 117 cm³/mol. The molecule has 1 amide bonds. The number of rotatable bonds is 10. The predicted octanol–water partition coefficient (Wildman–Crippen LogP) is 4.42. The summed E-state index contributed by atoms with van der Waals surface area (Å²) in [6, 6.07) is 10.6. The first kappa shape index (κ1) is 21.5. The molecule has 2 heterocycles. The standard InChI is InChI=1S/C24H25N3O5/c1-15(27-16(2)28)10-21(29)22-13-26-24(32-22)18-8-9-23(25-12-18)31-20-5-3-4-19(11-20)30-14-17-6-7-17/h3-5,8-9,11-13,15,17H,6-7,10,14H2,1-2H3,(H,27,28). The van der Waals surface area contributed by atoms with Crippen LogP contribution in [0.15, 0.2) is 53.2 Å². The number of pyridine rings is 1. The molecule has 0 aliphatic heterocycles. The van der Waals surface area contributed by atoms with Gasteiger partial charge in [0.1, 0.15) is 11.5 Å². The molecule has 8 heteroatoms. The zero-order valence-electron chi connectivity index (χ0n) is 18.0. The van der Waals surface area contributed by atoms with Gasteiger partial charge in [-0.05, 0) is 43.9 Å². The molecule has 1 atom stereocenters. The summed E-state index contributed by atoms with van der Waals surface area (Å²) in [5.74, 6) is 2.51. The van der Waals surface area contributed by atoms with Crippen LogP contribution in [0.3, 0.4) is 0 Å². The Labute approximate surface area is 186 Å². The van der Waals surface area contributed by atoms with Gasteiger partial charge in [-0.1, -0.05) is 6.07 Å². The molecular weight excluding hydrogens is 410 g/mol. The Kier molecular flexibility index (Phi) is 6.49. The zero-order valence-corrected chi connectivity index (χ0v) is 18.0. The molecule has 0 bridgehead atoms. The number of hydrogen-bond donors (Lipinski definition) is 1. The third-order valence-electron chi connectivity index (χ3n) is 4.92. The first-order chi connectivity index (χ1) is 15.5. The van der Waals surface area contributed by atoms with Gasteiger partial charge < -0.3 is 19.2 Å². The minimum absolute atomic E-state index is 0.128. The minimum atomic E-state index is -0.288. The van der Waals surface area contributed by atoms with Gasteiger partial charge in [-0.3, -0.25) is 9.59 Å². The second-order valence-corrected chi connectivity index (χ2v) is 7.97.